The second-order valence-corrected chi connectivity index (χ2v) is 9.67. The van der Waals surface area contributed by atoms with Gasteiger partial charge in [0.25, 0.3) is 0 Å². The van der Waals surface area contributed by atoms with Crippen LogP contribution in [0.2, 0.25) is 0 Å². The summed E-state index contributed by atoms with van der Waals surface area (Å²) in [6.45, 7) is 2.24. The van der Waals surface area contributed by atoms with Crippen LogP contribution in [0.4, 0.5) is 14.0 Å². The lowest BCUT2D eigenvalue weighted by atomic mass is 9.88. The van der Waals surface area contributed by atoms with Gasteiger partial charge in [0, 0.05) is 38.6 Å². The molecule has 3 atom stereocenters. The summed E-state index contributed by atoms with van der Waals surface area (Å²) < 4.78 is 25.2. The van der Waals surface area contributed by atoms with E-state index in [9.17, 15) is 14.0 Å². The number of hydrogen-bond acceptors (Lipinski definition) is 5. The Balaban J connectivity index is 1.62. The van der Waals surface area contributed by atoms with E-state index in [0.717, 1.165) is 31.4 Å². The molecule has 1 aromatic carbocycles. The molecule has 1 saturated heterocycles. The first-order valence-electron chi connectivity index (χ1n) is 12.9. The highest BCUT2D eigenvalue weighted by Gasteiger charge is 2.32. The van der Waals surface area contributed by atoms with Crippen molar-refractivity contribution in [1.29, 1.82) is 0 Å². The number of carbonyl (C=O) groups excluding carboxylic acids is 2. The first-order chi connectivity index (χ1) is 17.0. The number of alkyl carbamates (subject to hydrolysis) is 1. The molecular weight excluding hydrogens is 451 g/mol. The Morgan fingerprint density at radius 2 is 1.94 bits per heavy atom. The van der Waals surface area contributed by atoms with Crippen molar-refractivity contribution in [3.05, 3.63) is 35.6 Å². The number of piperidine rings is 1. The van der Waals surface area contributed by atoms with Crippen molar-refractivity contribution < 1.29 is 23.5 Å². The van der Waals surface area contributed by atoms with Crippen LogP contribution in [0.1, 0.15) is 56.6 Å². The van der Waals surface area contributed by atoms with Gasteiger partial charge in [0.2, 0.25) is 0 Å². The van der Waals surface area contributed by atoms with Crippen molar-refractivity contribution in [2.75, 3.05) is 46.9 Å². The Morgan fingerprint density at radius 1 is 1.14 bits per heavy atom. The number of carbonyl (C=O) groups is 2. The topological polar surface area (TPSA) is 91.9 Å². The van der Waals surface area contributed by atoms with Gasteiger partial charge in [0.1, 0.15) is 12.4 Å². The molecule has 0 aromatic heterocycles. The average Bonchev–Trinajstić information content (AvgIpc) is 3.37. The predicted octanol–water partition coefficient (Wildman–Crippen LogP) is 3.83. The number of nitrogens with zero attached hydrogens (tertiary/aromatic N) is 1. The molecule has 1 aliphatic heterocycles. The molecule has 1 aliphatic carbocycles. The molecule has 0 spiro atoms. The molecule has 0 radical (unpaired) electrons. The minimum atomic E-state index is -0.523. The number of likely N-dealkylation sites (tertiary alicyclic amines) is 1. The van der Waals surface area contributed by atoms with Crippen LogP contribution in [0.15, 0.2) is 24.3 Å². The average molecular weight is 493 g/mol. The smallest absolute Gasteiger partial charge is 0.406 e. The summed E-state index contributed by atoms with van der Waals surface area (Å²) in [7, 11) is 3.41. The lowest BCUT2D eigenvalue weighted by Crippen LogP contribution is -2.51. The van der Waals surface area contributed by atoms with E-state index in [0.29, 0.717) is 19.0 Å². The first-order valence-corrected chi connectivity index (χ1v) is 12.9. The highest BCUT2D eigenvalue weighted by atomic mass is 19.1. The van der Waals surface area contributed by atoms with E-state index in [1.807, 2.05) is 18.0 Å². The Kier molecular flexibility index (Phi) is 11.1. The molecule has 2 fully saturated rings. The zero-order chi connectivity index (χ0) is 25.0. The van der Waals surface area contributed by atoms with Crippen molar-refractivity contribution in [3.8, 4) is 0 Å². The number of likely N-dealkylation sites (N-methyl/N-ethyl adjacent to an activating group) is 1. The fraction of sp³-hybridized carbons (Fsp3) is 0.692. The van der Waals surface area contributed by atoms with Crippen LogP contribution in [-0.2, 0) is 9.47 Å². The lowest BCUT2D eigenvalue weighted by molar-refractivity contribution is -0.0264. The fourth-order valence-corrected chi connectivity index (χ4v) is 5.37. The normalized spacial score (nSPS) is 20.3. The van der Waals surface area contributed by atoms with Crippen molar-refractivity contribution >= 4 is 12.1 Å². The third-order valence-corrected chi connectivity index (χ3v) is 7.04. The largest absolute Gasteiger partial charge is 0.447 e. The Labute approximate surface area is 208 Å². The molecule has 1 saturated carbocycles. The molecule has 35 heavy (non-hydrogen) atoms. The van der Waals surface area contributed by atoms with E-state index < -0.39 is 12.2 Å². The Bertz CT molecular complexity index is 805. The van der Waals surface area contributed by atoms with Crippen LogP contribution in [0.3, 0.4) is 0 Å². The van der Waals surface area contributed by atoms with Gasteiger partial charge in [0.15, 0.2) is 0 Å². The van der Waals surface area contributed by atoms with Gasteiger partial charge >= 0.3 is 12.1 Å². The van der Waals surface area contributed by atoms with Gasteiger partial charge in [-0.25, -0.2) is 14.0 Å². The fourth-order valence-electron chi connectivity index (χ4n) is 5.37. The van der Waals surface area contributed by atoms with Gasteiger partial charge in [-0.05, 0) is 49.9 Å². The number of ether oxygens (including phenoxy) is 2. The molecular formula is C26H41FN4O4. The third kappa shape index (κ3) is 8.65. The number of nitrogens with one attached hydrogen (secondary N) is 3. The van der Waals surface area contributed by atoms with Crippen LogP contribution in [0, 0.1) is 17.7 Å². The molecule has 196 valence electrons. The molecule has 8 nitrogen and oxygen atoms in total. The summed E-state index contributed by atoms with van der Waals surface area (Å²) in [5.74, 6) is 0.365. The maximum Gasteiger partial charge on any atom is 0.406 e. The van der Waals surface area contributed by atoms with Crippen LogP contribution in [0.25, 0.3) is 0 Å². The zero-order valence-electron chi connectivity index (χ0n) is 21.1. The molecule has 3 amide bonds. The van der Waals surface area contributed by atoms with E-state index in [-0.39, 0.29) is 37.0 Å². The maximum absolute atomic E-state index is 14.0. The van der Waals surface area contributed by atoms with Crippen molar-refractivity contribution in [2.45, 2.75) is 57.1 Å². The molecule has 1 aromatic rings. The molecule has 0 bridgehead atoms. The molecule has 2 aliphatic rings. The predicted molar refractivity (Wildman–Crippen MR) is 133 cm³/mol. The minimum absolute atomic E-state index is 0.00823. The first kappa shape index (κ1) is 27.2. The van der Waals surface area contributed by atoms with E-state index in [4.69, 9.17) is 9.47 Å². The van der Waals surface area contributed by atoms with Crippen LogP contribution < -0.4 is 16.0 Å². The summed E-state index contributed by atoms with van der Waals surface area (Å²) in [4.78, 5) is 26.4. The summed E-state index contributed by atoms with van der Waals surface area (Å²) in [5, 5.41) is 8.87. The van der Waals surface area contributed by atoms with Crippen LogP contribution >= 0.6 is 0 Å². The number of benzene rings is 1. The van der Waals surface area contributed by atoms with Crippen molar-refractivity contribution in [3.63, 3.8) is 0 Å². The number of hydrogen-bond donors (Lipinski definition) is 3. The maximum atomic E-state index is 14.0. The molecule has 9 heteroatoms. The third-order valence-electron chi connectivity index (χ3n) is 7.04. The number of rotatable bonds is 11. The second kappa shape index (κ2) is 14.2. The Morgan fingerprint density at radius 3 is 2.66 bits per heavy atom. The summed E-state index contributed by atoms with van der Waals surface area (Å²) >= 11 is 0. The lowest BCUT2D eigenvalue weighted by Gasteiger charge is -2.38. The molecule has 1 heterocycles. The Hall–Kier alpha value is -2.39. The monoisotopic (exact) mass is 492 g/mol. The SMILES string of the molecule is CNC[C@H](CC1CCCC1)NC(=O)N1CCC[C@@H]([C@@H](OCCOC(=O)NC)c2cccc(F)c2)C1. The van der Waals surface area contributed by atoms with Gasteiger partial charge in [-0.2, -0.15) is 0 Å². The van der Waals surface area contributed by atoms with E-state index in [1.54, 1.807) is 6.07 Å². The van der Waals surface area contributed by atoms with Crippen LogP contribution in [0.5, 0.6) is 0 Å². The zero-order valence-corrected chi connectivity index (χ0v) is 21.1. The van der Waals surface area contributed by atoms with E-state index >= 15 is 0 Å². The molecule has 3 rings (SSSR count). The summed E-state index contributed by atoms with van der Waals surface area (Å²) in [5.41, 5.74) is 0.728. The highest BCUT2D eigenvalue weighted by molar-refractivity contribution is 5.74. The number of urea groups is 1. The summed E-state index contributed by atoms with van der Waals surface area (Å²) in [6, 6.07) is 6.45. The van der Waals surface area contributed by atoms with E-state index in [1.165, 1.54) is 44.9 Å². The van der Waals surface area contributed by atoms with Gasteiger partial charge in [0.05, 0.1) is 12.7 Å². The van der Waals surface area contributed by atoms with Gasteiger partial charge in [-0.3, -0.25) is 0 Å². The van der Waals surface area contributed by atoms with Gasteiger partial charge in [-0.1, -0.05) is 37.8 Å². The van der Waals surface area contributed by atoms with Crippen LogP contribution in [-0.4, -0.2) is 70.0 Å². The summed E-state index contributed by atoms with van der Waals surface area (Å²) in [6.07, 6.45) is 6.86. The highest BCUT2D eigenvalue weighted by Crippen LogP contribution is 2.33. The second-order valence-electron chi connectivity index (χ2n) is 9.67. The molecule has 3 N–H and O–H groups in total. The van der Waals surface area contributed by atoms with Gasteiger partial charge in [-0.15, -0.1) is 0 Å². The van der Waals surface area contributed by atoms with E-state index in [2.05, 4.69) is 16.0 Å². The minimum Gasteiger partial charge on any atom is -0.447 e. The standard InChI is InChI=1S/C26H41FN4O4/c1-28-17-23(15-19-7-3-4-8-19)30-25(32)31-12-6-10-21(18-31)24(20-9-5-11-22(27)16-20)34-13-14-35-26(33)29-2/h5,9,11,16,19,21,23-24,28H,3-4,6-8,10,12-15,17-18H2,1-2H3,(H,29,33)(H,30,32)/t21-,23+,24+/m1/s1. The molecule has 0 unspecified atom stereocenters. The number of halogens is 1. The quantitative estimate of drug-likeness (QED) is 0.409. The number of amides is 3. The van der Waals surface area contributed by atoms with Gasteiger partial charge < -0.3 is 30.3 Å². The van der Waals surface area contributed by atoms with Crippen molar-refractivity contribution in [1.82, 2.24) is 20.9 Å². The van der Waals surface area contributed by atoms with Crippen molar-refractivity contribution in [2.24, 2.45) is 11.8 Å².